The minimum Gasteiger partial charge on any atom is -0.508 e. The lowest BCUT2D eigenvalue weighted by atomic mass is 9.78. The molecule has 0 saturated heterocycles. The van der Waals surface area contributed by atoms with Gasteiger partial charge in [-0.15, -0.1) is 0 Å². The summed E-state index contributed by atoms with van der Waals surface area (Å²) in [5, 5.41) is 19.1. The molecule has 0 aliphatic rings. The Bertz CT molecular complexity index is 697. The monoisotopic (exact) mass is 276 g/mol. The maximum atomic E-state index is 9.53. The standard InChI is InChI=1S/C18H22O2/c1-3-17(13-5-9-15(19)10-6-13)18(4-2)14-7-11-16(20)12-8-14/h5-12,17-20H,3-4H2,1-2H3/t17-,18+/i3D2,4D2,17D,18D. The lowest BCUT2D eigenvalue weighted by Crippen LogP contribution is -2.10. The maximum absolute atomic E-state index is 9.53. The molecule has 0 aliphatic heterocycles. The zero-order chi connectivity index (χ0) is 20.0. The van der Waals surface area contributed by atoms with E-state index in [1.807, 2.05) is 0 Å². The summed E-state index contributed by atoms with van der Waals surface area (Å²) in [4.78, 5) is 0. The summed E-state index contributed by atoms with van der Waals surface area (Å²) in [6, 6.07) is 10.5. The number of hydrogen-bond donors (Lipinski definition) is 2. The molecule has 0 fully saturated rings. The van der Waals surface area contributed by atoms with Crippen LogP contribution in [0.15, 0.2) is 48.5 Å². The van der Waals surface area contributed by atoms with Gasteiger partial charge in [-0.2, -0.15) is 0 Å². The third-order valence-electron chi connectivity index (χ3n) is 3.06. The zero-order valence-corrected chi connectivity index (χ0v) is 11.5. The summed E-state index contributed by atoms with van der Waals surface area (Å²) < 4.78 is 51.2. The number of hydrogen-bond acceptors (Lipinski definition) is 2. The Morgan fingerprint density at radius 3 is 1.35 bits per heavy atom. The fourth-order valence-corrected chi connectivity index (χ4v) is 2.08. The number of phenolic OH excluding ortho intramolecular Hbond substituents is 2. The smallest absolute Gasteiger partial charge is 0.115 e. The highest BCUT2D eigenvalue weighted by molar-refractivity contribution is 5.34. The molecule has 2 atom stereocenters. The van der Waals surface area contributed by atoms with Crippen molar-refractivity contribution in [3.05, 3.63) is 59.7 Å². The quantitative estimate of drug-likeness (QED) is 0.824. The van der Waals surface area contributed by atoms with E-state index in [4.69, 9.17) is 8.22 Å². The molecule has 2 N–H and O–H groups in total. The van der Waals surface area contributed by atoms with E-state index >= 15 is 0 Å². The average molecular weight is 276 g/mol. The zero-order valence-electron chi connectivity index (χ0n) is 17.5. The van der Waals surface area contributed by atoms with Crippen LogP contribution in [0.3, 0.4) is 0 Å². The Morgan fingerprint density at radius 2 is 1.10 bits per heavy atom. The minimum atomic E-state index is -2.36. The van der Waals surface area contributed by atoms with Gasteiger partial charge in [-0.05, 0) is 59.9 Å². The number of aromatic hydroxyl groups is 2. The summed E-state index contributed by atoms with van der Waals surface area (Å²) in [5.74, 6) is -4.87. The lowest BCUT2D eigenvalue weighted by Gasteiger charge is -2.26. The summed E-state index contributed by atoms with van der Waals surface area (Å²) in [7, 11) is 0. The SMILES string of the molecule is [2H]C([2H])(C)[C@]([2H])(c1ccc(O)cc1)[C@]([2H])(c1ccc(O)cc1)C([2H])([2H])C. The number of phenols is 2. The van der Waals surface area contributed by atoms with Crippen LogP contribution in [-0.4, -0.2) is 10.2 Å². The Hall–Kier alpha value is -1.96. The van der Waals surface area contributed by atoms with Crippen molar-refractivity contribution in [1.29, 1.82) is 0 Å². The normalized spacial score (nSPS) is 22.9. The predicted octanol–water partition coefficient (Wildman–Crippen LogP) is 4.79. The topological polar surface area (TPSA) is 40.5 Å². The molecule has 2 aromatic rings. The van der Waals surface area contributed by atoms with Gasteiger partial charge in [-0.3, -0.25) is 0 Å². The van der Waals surface area contributed by atoms with Crippen molar-refractivity contribution < 1.29 is 18.4 Å². The van der Waals surface area contributed by atoms with E-state index in [0.717, 1.165) is 13.8 Å². The van der Waals surface area contributed by atoms with E-state index in [9.17, 15) is 10.2 Å². The minimum absolute atomic E-state index is 0.0663. The van der Waals surface area contributed by atoms with Crippen molar-refractivity contribution in [3.63, 3.8) is 0 Å². The van der Waals surface area contributed by atoms with Crippen LogP contribution in [0.25, 0.3) is 0 Å². The van der Waals surface area contributed by atoms with E-state index in [2.05, 4.69) is 0 Å². The van der Waals surface area contributed by atoms with E-state index in [0.29, 0.717) is 0 Å². The number of rotatable bonds is 5. The van der Waals surface area contributed by atoms with Gasteiger partial charge in [0, 0.05) is 8.22 Å². The number of benzene rings is 2. The highest BCUT2D eigenvalue weighted by Crippen LogP contribution is 2.38. The van der Waals surface area contributed by atoms with Gasteiger partial charge < -0.3 is 10.2 Å². The largest absolute Gasteiger partial charge is 0.508 e. The van der Waals surface area contributed by atoms with Crippen LogP contribution < -0.4 is 0 Å². The first kappa shape index (κ1) is 8.35. The predicted molar refractivity (Wildman–Crippen MR) is 82.3 cm³/mol. The molecule has 20 heavy (non-hydrogen) atoms. The fraction of sp³-hybridized carbons (Fsp3) is 0.333. The highest BCUT2D eigenvalue weighted by atomic mass is 16.3. The first-order valence-corrected chi connectivity index (χ1v) is 6.34. The van der Waals surface area contributed by atoms with Gasteiger partial charge in [0.25, 0.3) is 0 Å². The molecule has 0 spiro atoms. The van der Waals surface area contributed by atoms with E-state index in [1.165, 1.54) is 48.5 Å². The van der Waals surface area contributed by atoms with Crippen LogP contribution in [0, 0.1) is 0 Å². The molecule has 0 aromatic heterocycles. The summed E-state index contributed by atoms with van der Waals surface area (Å²) >= 11 is 0. The molecule has 0 saturated carbocycles. The van der Waals surface area contributed by atoms with Crippen molar-refractivity contribution in [2.24, 2.45) is 0 Å². The van der Waals surface area contributed by atoms with Crippen LogP contribution in [-0.2, 0) is 0 Å². The maximum Gasteiger partial charge on any atom is 0.115 e. The molecule has 0 unspecified atom stereocenters. The van der Waals surface area contributed by atoms with Crippen molar-refractivity contribution in [3.8, 4) is 11.5 Å². The van der Waals surface area contributed by atoms with Crippen LogP contribution in [0.5, 0.6) is 11.5 Å². The molecule has 0 amide bonds. The summed E-state index contributed by atoms with van der Waals surface area (Å²) in [5.41, 5.74) is 0.133. The third kappa shape index (κ3) is 3.13. The van der Waals surface area contributed by atoms with Gasteiger partial charge >= 0.3 is 0 Å². The van der Waals surface area contributed by atoms with Gasteiger partial charge in [0.15, 0.2) is 0 Å². The molecule has 2 aromatic carbocycles. The van der Waals surface area contributed by atoms with Gasteiger partial charge in [0.2, 0.25) is 0 Å². The lowest BCUT2D eigenvalue weighted by molar-refractivity contribution is 0.470. The third-order valence-corrected chi connectivity index (χ3v) is 3.06. The van der Waals surface area contributed by atoms with Gasteiger partial charge in [-0.1, -0.05) is 38.1 Å². The molecule has 0 bridgehead atoms. The van der Waals surface area contributed by atoms with Gasteiger partial charge in [0.05, 0.1) is 0 Å². The Morgan fingerprint density at radius 1 is 0.800 bits per heavy atom. The van der Waals surface area contributed by atoms with E-state index in [1.54, 1.807) is 0 Å². The summed E-state index contributed by atoms with van der Waals surface area (Å²) in [6.07, 6.45) is -4.63. The van der Waals surface area contributed by atoms with E-state index in [-0.39, 0.29) is 22.6 Å². The molecule has 2 rings (SSSR count). The van der Waals surface area contributed by atoms with Crippen LogP contribution in [0.2, 0.25) is 0 Å². The first-order valence-electron chi connectivity index (χ1n) is 9.34. The Balaban J connectivity index is 2.88. The first-order chi connectivity index (χ1) is 11.7. The van der Waals surface area contributed by atoms with Crippen LogP contribution >= 0.6 is 0 Å². The van der Waals surface area contributed by atoms with Crippen molar-refractivity contribution in [2.45, 2.75) is 38.4 Å². The molecule has 0 radical (unpaired) electrons. The van der Waals surface area contributed by atoms with Gasteiger partial charge in [-0.25, -0.2) is 0 Å². The van der Waals surface area contributed by atoms with Crippen LogP contribution in [0.1, 0.15) is 57.7 Å². The highest BCUT2D eigenvalue weighted by Gasteiger charge is 2.21. The molecule has 2 heteroatoms. The molecular weight excluding hydrogens is 248 g/mol. The molecular formula is C18H22O2. The summed E-state index contributed by atoms with van der Waals surface area (Å²) in [6.45, 7) is 2.28. The second-order valence-corrected chi connectivity index (χ2v) is 4.34. The molecule has 0 heterocycles. The van der Waals surface area contributed by atoms with Gasteiger partial charge in [0.1, 0.15) is 11.5 Å². The van der Waals surface area contributed by atoms with Crippen molar-refractivity contribution >= 4 is 0 Å². The molecule has 0 aliphatic carbocycles. The van der Waals surface area contributed by atoms with Crippen molar-refractivity contribution in [2.75, 3.05) is 0 Å². The Kier molecular flexibility index (Phi) is 2.70. The average Bonchev–Trinajstić information content (AvgIpc) is 2.52. The second kappa shape index (κ2) is 6.47. The second-order valence-electron chi connectivity index (χ2n) is 4.34. The fourth-order valence-electron chi connectivity index (χ4n) is 2.08. The van der Waals surface area contributed by atoms with Crippen molar-refractivity contribution in [1.82, 2.24) is 0 Å². The molecule has 106 valence electrons. The van der Waals surface area contributed by atoms with E-state index < -0.39 is 24.5 Å². The Labute approximate surface area is 129 Å². The molecule has 2 nitrogen and oxygen atoms in total. The van der Waals surface area contributed by atoms with Crippen LogP contribution in [0.4, 0.5) is 0 Å².